The molecule has 0 bridgehead atoms. The Kier molecular flexibility index (Phi) is 5.01. The molecule has 1 atom stereocenters. The summed E-state index contributed by atoms with van der Waals surface area (Å²) in [5.41, 5.74) is 0. The zero-order valence-corrected chi connectivity index (χ0v) is 12.2. The topological polar surface area (TPSA) is 44.8 Å². The number of esters is 1. The van der Waals surface area contributed by atoms with Crippen LogP contribution in [-0.4, -0.2) is 26.8 Å². The van der Waals surface area contributed by atoms with E-state index in [1.165, 1.54) is 18.4 Å². The van der Waals surface area contributed by atoms with Crippen LogP contribution in [0.15, 0.2) is 41.8 Å². The van der Waals surface area contributed by atoms with Gasteiger partial charge in [0.05, 0.1) is 14.2 Å². The number of rotatable bonds is 6. The van der Waals surface area contributed by atoms with Crippen LogP contribution < -0.4 is 9.47 Å². The minimum Gasteiger partial charge on any atom is -0.493 e. The second kappa shape index (κ2) is 6.96. The number of thiophene rings is 1. The monoisotopic (exact) mass is 292 g/mol. The van der Waals surface area contributed by atoms with Crippen molar-refractivity contribution in [3.63, 3.8) is 0 Å². The van der Waals surface area contributed by atoms with E-state index in [-0.39, 0.29) is 12.6 Å². The molecule has 1 heterocycles. The fourth-order valence-electron chi connectivity index (χ4n) is 1.81. The maximum atomic E-state index is 11.9. The van der Waals surface area contributed by atoms with E-state index in [0.717, 1.165) is 4.88 Å². The van der Waals surface area contributed by atoms with E-state index in [2.05, 4.69) is 0 Å². The predicted molar refractivity (Wildman–Crippen MR) is 77.6 cm³/mol. The Bertz CT molecular complexity index is 551. The normalized spacial score (nSPS) is 11.7. The van der Waals surface area contributed by atoms with Gasteiger partial charge in [-0.05, 0) is 23.6 Å². The van der Waals surface area contributed by atoms with Crippen molar-refractivity contribution < 1.29 is 19.0 Å². The number of carbonyl (C=O) groups is 1. The second-order valence-electron chi connectivity index (χ2n) is 4.05. The van der Waals surface area contributed by atoms with Crippen LogP contribution in [0.1, 0.15) is 10.8 Å². The average Bonchev–Trinajstić information content (AvgIpc) is 3.01. The molecule has 1 aromatic carbocycles. The van der Waals surface area contributed by atoms with E-state index in [9.17, 15) is 4.79 Å². The molecule has 2 aromatic rings. The molecule has 106 valence electrons. The third kappa shape index (κ3) is 3.30. The molecule has 5 heteroatoms. The van der Waals surface area contributed by atoms with Crippen molar-refractivity contribution in [2.45, 2.75) is 5.92 Å². The van der Waals surface area contributed by atoms with Gasteiger partial charge in [-0.2, -0.15) is 0 Å². The third-order valence-corrected chi connectivity index (χ3v) is 3.83. The van der Waals surface area contributed by atoms with Crippen molar-refractivity contribution >= 4 is 17.3 Å². The van der Waals surface area contributed by atoms with Gasteiger partial charge < -0.3 is 14.2 Å². The van der Waals surface area contributed by atoms with Crippen LogP contribution in [0, 0.1) is 0 Å². The van der Waals surface area contributed by atoms with Crippen LogP contribution in [-0.2, 0) is 9.53 Å². The summed E-state index contributed by atoms with van der Waals surface area (Å²) in [4.78, 5) is 12.8. The highest BCUT2D eigenvalue weighted by atomic mass is 32.1. The molecule has 0 N–H and O–H groups in total. The predicted octanol–water partition coefficient (Wildman–Crippen LogP) is 3.09. The summed E-state index contributed by atoms with van der Waals surface area (Å²) in [5.74, 6) is 0.523. The molecule has 0 radical (unpaired) electrons. The first-order valence-electron chi connectivity index (χ1n) is 6.13. The molecule has 1 unspecified atom stereocenters. The highest BCUT2D eigenvalue weighted by Crippen LogP contribution is 2.29. The lowest BCUT2D eigenvalue weighted by atomic mass is 10.1. The highest BCUT2D eigenvalue weighted by molar-refractivity contribution is 7.10. The van der Waals surface area contributed by atoms with E-state index in [0.29, 0.717) is 11.5 Å². The van der Waals surface area contributed by atoms with Gasteiger partial charge in [0.25, 0.3) is 0 Å². The van der Waals surface area contributed by atoms with E-state index in [1.54, 1.807) is 7.11 Å². The van der Waals surface area contributed by atoms with E-state index in [4.69, 9.17) is 14.2 Å². The first-order valence-corrected chi connectivity index (χ1v) is 7.01. The van der Waals surface area contributed by atoms with Gasteiger partial charge in [0.1, 0.15) is 12.5 Å². The molecule has 20 heavy (non-hydrogen) atoms. The number of para-hydroxylation sites is 2. The lowest BCUT2D eigenvalue weighted by Crippen LogP contribution is -2.20. The summed E-state index contributed by atoms with van der Waals surface area (Å²) in [6.07, 6.45) is 0. The molecule has 0 fully saturated rings. The van der Waals surface area contributed by atoms with Gasteiger partial charge in [0.15, 0.2) is 11.5 Å². The zero-order valence-electron chi connectivity index (χ0n) is 11.4. The van der Waals surface area contributed by atoms with Crippen LogP contribution in [0.3, 0.4) is 0 Å². The Balaban J connectivity index is 2.11. The van der Waals surface area contributed by atoms with Gasteiger partial charge in [0, 0.05) is 4.88 Å². The standard InChI is InChI=1S/C15H16O4S/c1-17-12-6-3-4-7-13(12)19-10-11(15(16)18-2)14-8-5-9-20-14/h3-9,11H,10H2,1-2H3. The Labute approximate surface area is 121 Å². The fourth-order valence-corrected chi connectivity index (χ4v) is 2.61. The van der Waals surface area contributed by atoms with Crippen molar-refractivity contribution in [1.29, 1.82) is 0 Å². The Morgan fingerprint density at radius 1 is 1.15 bits per heavy atom. The number of hydrogen-bond donors (Lipinski definition) is 0. The van der Waals surface area contributed by atoms with Gasteiger partial charge in [-0.1, -0.05) is 18.2 Å². The SMILES string of the molecule is COC(=O)C(COc1ccccc1OC)c1cccs1. The Morgan fingerprint density at radius 3 is 2.50 bits per heavy atom. The lowest BCUT2D eigenvalue weighted by molar-refractivity contribution is -0.143. The van der Waals surface area contributed by atoms with Crippen LogP contribution >= 0.6 is 11.3 Å². The fraction of sp³-hybridized carbons (Fsp3) is 0.267. The molecule has 0 aliphatic rings. The molecule has 0 amide bonds. The molecular formula is C15H16O4S. The Morgan fingerprint density at radius 2 is 1.90 bits per heavy atom. The van der Waals surface area contributed by atoms with E-state index in [1.807, 2.05) is 41.8 Å². The quantitative estimate of drug-likeness (QED) is 0.767. The molecule has 0 saturated heterocycles. The third-order valence-electron chi connectivity index (χ3n) is 2.85. The van der Waals surface area contributed by atoms with Crippen molar-refractivity contribution in [1.82, 2.24) is 0 Å². The molecule has 0 saturated carbocycles. The largest absolute Gasteiger partial charge is 0.493 e. The second-order valence-corrected chi connectivity index (χ2v) is 5.03. The highest BCUT2D eigenvalue weighted by Gasteiger charge is 2.23. The Hall–Kier alpha value is -2.01. The first-order chi connectivity index (χ1) is 9.76. The summed E-state index contributed by atoms with van der Waals surface area (Å²) in [5, 5.41) is 1.92. The first kappa shape index (κ1) is 14.4. The van der Waals surface area contributed by atoms with E-state index < -0.39 is 5.92 Å². The van der Waals surface area contributed by atoms with Gasteiger partial charge in [-0.25, -0.2) is 0 Å². The summed E-state index contributed by atoms with van der Waals surface area (Å²) in [6.45, 7) is 0.216. The van der Waals surface area contributed by atoms with Crippen LogP contribution in [0.5, 0.6) is 11.5 Å². The summed E-state index contributed by atoms with van der Waals surface area (Å²) >= 11 is 1.51. The van der Waals surface area contributed by atoms with Gasteiger partial charge in [-0.3, -0.25) is 4.79 Å². The zero-order chi connectivity index (χ0) is 14.4. The van der Waals surface area contributed by atoms with Crippen molar-refractivity contribution in [2.24, 2.45) is 0 Å². The van der Waals surface area contributed by atoms with Gasteiger partial charge in [-0.15, -0.1) is 11.3 Å². The van der Waals surface area contributed by atoms with Crippen molar-refractivity contribution in [3.05, 3.63) is 46.7 Å². The maximum absolute atomic E-state index is 11.9. The molecule has 0 aliphatic carbocycles. The van der Waals surface area contributed by atoms with Crippen molar-refractivity contribution in [2.75, 3.05) is 20.8 Å². The van der Waals surface area contributed by atoms with Crippen LogP contribution in [0.2, 0.25) is 0 Å². The smallest absolute Gasteiger partial charge is 0.317 e. The van der Waals surface area contributed by atoms with E-state index >= 15 is 0 Å². The molecule has 0 spiro atoms. The summed E-state index contributed by atoms with van der Waals surface area (Å²) < 4.78 is 15.8. The number of hydrogen-bond acceptors (Lipinski definition) is 5. The summed E-state index contributed by atoms with van der Waals surface area (Å²) in [6, 6.07) is 11.1. The average molecular weight is 292 g/mol. The summed E-state index contributed by atoms with van der Waals surface area (Å²) in [7, 11) is 2.96. The van der Waals surface area contributed by atoms with Crippen LogP contribution in [0.4, 0.5) is 0 Å². The number of benzene rings is 1. The van der Waals surface area contributed by atoms with Gasteiger partial charge in [0.2, 0.25) is 0 Å². The molecular weight excluding hydrogens is 276 g/mol. The minimum atomic E-state index is -0.426. The molecule has 1 aromatic heterocycles. The number of ether oxygens (including phenoxy) is 3. The van der Waals surface area contributed by atoms with Crippen molar-refractivity contribution in [3.8, 4) is 11.5 Å². The number of methoxy groups -OCH3 is 2. The maximum Gasteiger partial charge on any atom is 0.317 e. The minimum absolute atomic E-state index is 0.216. The van der Waals surface area contributed by atoms with Crippen LogP contribution in [0.25, 0.3) is 0 Å². The number of carbonyl (C=O) groups excluding carboxylic acids is 1. The molecule has 0 aliphatic heterocycles. The molecule has 4 nitrogen and oxygen atoms in total. The lowest BCUT2D eigenvalue weighted by Gasteiger charge is -2.15. The molecule has 2 rings (SSSR count). The van der Waals surface area contributed by atoms with Gasteiger partial charge >= 0.3 is 5.97 Å².